The molecule has 0 saturated heterocycles. The van der Waals surface area contributed by atoms with Crippen LogP contribution in [-0.4, -0.2) is 16.5 Å². The number of rotatable bonds is 5. The van der Waals surface area contributed by atoms with Gasteiger partial charge in [0.05, 0.1) is 34.5 Å². The highest BCUT2D eigenvalue weighted by atomic mass is 19.4. The van der Waals surface area contributed by atoms with E-state index in [-0.39, 0.29) is 11.3 Å². The van der Waals surface area contributed by atoms with E-state index in [1.165, 1.54) is 18.2 Å². The van der Waals surface area contributed by atoms with Gasteiger partial charge in [0.15, 0.2) is 0 Å². The second kappa shape index (κ2) is 8.34. The predicted molar refractivity (Wildman–Crippen MR) is 113 cm³/mol. The molecule has 0 unspecified atom stereocenters. The highest BCUT2D eigenvalue weighted by Crippen LogP contribution is 2.32. The van der Waals surface area contributed by atoms with Crippen LogP contribution in [0.5, 0.6) is 0 Å². The van der Waals surface area contributed by atoms with Crippen LogP contribution in [0.3, 0.4) is 0 Å². The zero-order valence-corrected chi connectivity index (χ0v) is 16.7. The van der Waals surface area contributed by atoms with E-state index in [2.05, 4.69) is 9.97 Å². The van der Waals surface area contributed by atoms with Gasteiger partial charge in [-0.05, 0) is 49.4 Å². The Balaban J connectivity index is 1.84. The number of fused-ring (bicyclic) bond motifs is 1. The number of anilines is 1. The summed E-state index contributed by atoms with van der Waals surface area (Å²) in [6.07, 6.45) is -4.46. The van der Waals surface area contributed by atoms with Gasteiger partial charge < -0.3 is 4.90 Å². The number of hydrogen-bond donors (Lipinski definition) is 0. The monoisotopic (exact) mass is 425 g/mol. The summed E-state index contributed by atoms with van der Waals surface area (Å²) in [5, 5.41) is 0. The summed E-state index contributed by atoms with van der Waals surface area (Å²) in [6.45, 7) is 2.86. The maximum Gasteiger partial charge on any atom is 0.416 e. The topological polar surface area (TPSA) is 29.0 Å². The Morgan fingerprint density at radius 2 is 1.55 bits per heavy atom. The molecule has 0 aliphatic carbocycles. The van der Waals surface area contributed by atoms with Crippen LogP contribution in [0.15, 0.2) is 72.8 Å². The molecular formula is C24H19F4N3. The van der Waals surface area contributed by atoms with Crippen molar-refractivity contribution in [1.29, 1.82) is 0 Å². The molecule has 0 spiro atoms. The molecule has 0 radical (unpaired) electrons. The lowest BCUT2D eigenvalue weighted by molar-refractivity contribution is -0.137. The molecule has 0 bridgehead atoms. The molecule has 0 aliphatic heterocycles. The van der Waals surface area contributed by atoms with Crippen molar-refractivity contribution < 1.29 is 17.6 Å². The van der Waals surface area contributed by atoms with Crippen LogP contribution in [0.2, 0.25) is 0 Å². The van der Waals surface area contributed by atoms with Crippen molar-refractivity contribution in [2.45, 2.75) is 19.6 Å². The number of halogens is 4. The summed E-state index contributed by atoms with van der Waals surface area (Å²) in [5.41, 5.74) is 2.56. The Bertz CT molecular complexity index is 1190. The summed E-state index contributed by atoms with van der Waals surface area (Å²) in [7, 11) is 0. The molecule has 0 amide bonds. The Labute approximate surface area is 177 Å². The third-order valence-electron chi connectivity index (χ3n) is 5.03. The van der Waals surface area contributed by atoms with Crippen LogP contribution in [-0.2, 0) is 12.7 Å². The Kier molecular flexibility index (Phi) is 5.59. The second-order valence-corrected chi connectivity index (χ2v) is 7.08. The van der Waals surface area contributed by atoms with Crippen LogP contribution >= 0.6 is 0 Å². The van der Waals surface area contributed by atoms with Gasteiger partial charge in [-0.1, -0.05) is 30.3 Å². The zero-order chi connectivity index (χ0) is 22.0. The third kappa shape index (κ3) is 4.50. The molecule has 4 aromatic rings. The molecule has 3 aromatic carbocycles. The van der Waals surface area contributed by atoms with Gasteiger partial charge in [-0.2, -0.15) is 13.2 Å². The van der Waals surface area contributed by atoms with Gasteiger partial charge in [0.2, 0.25) is 0 Å². The lowest BCUT2D eigenvalue weighted by Gasteiger charge is -2.24. The van der Waals surface area contributed by atoms with E-state index in [0.29, 0.717) is 30.0 Å². The quantitative estimate of drug-likeness (QED) is 0.343. The van der Waals surface area contributed by atoms with Gasteiger partial charge in [-0.15, -0.1) is 0 Å². The summed E-state index contributed by atoms with van der Waals surface area (Å²) in [6, 6.07) is 18.9. The largest absolute Gasteiger partial charge is 0.416 e. The fourth-order valence-corrected chi connectivity index (χ4v) is 3.42. The molecular weight excluding hydrogens is 406 g/mol. The number of nitrogens with zero attached hydrogens (tertiary/aromatic N) is 3. The van der Waals surface area contributed by atoms with Crippen LogP contribution in [0, 0.1) is 5.82 Å². The smallest absolute Gasteiger partial charge is 0.366 e. The molecule has 0 fully saturated rings. The highest BCUT2D eigenvalue weighted by molar-refractivity contribution is 5.79. The van der Waals surface area contributed by atoms with Gasteiger partial charge in [0.25, 0.3) is 0 Å². The summed E-state index contributed by atoms with van der Waals surface area (Å²) in [5.74, 6) is -0.338. The van der Waals surface area contributed by atoms with E-state index in [1.807, 2.05) is 42.2 Å². The maximum atomic E-state index is 13.3. The van der Waals surface area contributed by atoms with Gasteiger partial charge >= 0.3 is 6.18 Å². The fourth-order valence-electron chi connectivity index (χ4n) is 3.42. The van der Waals surface area contributed by atoms with Crippen molar-refractivity contribution in [2.75, 3.05) is 11.4 Å². The third-order valence-corrected chi connectivity index (χ3v) is 5.03. The molecule has 4 rings (SSSR count). The maximum absolute atomic E-state index is 13.3. The Hall–Kier alpha value is -3.48. The first-order valence-corrected chi connectivity index (χ1v) is 9.79. The Morgan fingerprint density at radius 1 is 0.839 bits per heavy atom. The lowest BCUT2D eigenvalue weighted by atomic mass is 10.1. The molecule has 3 nitrogen and oxygen atoms in total. The summed E-state index contributed by atoms with van der Waals surface area (Å²) >= 11 is 0. The number of benzene rings is 3. The van der Waals surface area contributed by atoms with E-state index in [1.54, 1.807) is 12.1 Å². The van der Waals surface area contributed by atoms with Crippen LogP contribution in [0.25, 0.3) is 22.3 Å². The van der Waals surface area contributed by atoms with E-state index < -0.39 is 11.7 Å². The number of hydrogen-bond acceptors (Lipinski definition) is 3. The minimum absolute atomic E-state index is 0.180. The van der Waals surface area contributed by atoms with Crippen LogP contribution in [0.1, 0.15) is 18.2 Å². The minimum Gasteiger partial charge on any atom is -0.366 e. The number of alkyl halides is 3. The Morgan fingerprint density at radius 3 is 2.19 bits per heavy atom. The number of aromatic nitrogens is 2. The standard InChI is InChI=1S/C24H19F4N3/c1-2-31(19-11-9-18(25)10-12-19)15-22-23(16-6-4-3-5-7-16)30-20-13-8-17(24(26,27)28)14-21(20)29-22/h3-14H,2,15H2,1H3. The molecule has 31 heavy (non-hydrogen) atoms. The lowest BCUT2D eigenvalue weighted by Crippen LogP contribution is -2.23. The van der Waals surface area contributed by atoms with Gasteiger partial charge in [0.1, 0.15) is 5.82 Å². The minimum atomic E-state index is -4.46. The first kappa shape index (κ1) is 20.8. The van der Waals surface area contributed by atoms with Crippen molar-refractivity contribution in [3.63, 3.8) is 0 Å². The molecule has 0 saturated carbocycles. The molecule has 7 heteroatoms. The zero-order valence-electron chi connectivity index (χ0n) is 16.7. The van der Waals surface area contributed by atoms with Crippen molar-refractivity contribution in [3.05, 3.63) is 89.9 Å². The second-order valence-electron chi connectivity index (χ2n) is 7.08. The fraction of sp³-hybridized carbons (Fsp3) is 0.167. The summed E-state index contributed by atoms with van der Waals surface area (Å²) in [4.78, 5) is 11.2. The van der Waals surface area contributed by atoms with Gasteiger partial charge in [0, 0.05) is 17.8 Å². The average Bonchev–Trinajstić information content (AvgIpc) is 2.77. The van der Waals surface area contributed by atoms with E-state index in [0.717, 1.165) is 23.4 Å². The average molecular weight is 425 g/mol. The SMILES string of the molecule is CCN(Cc1nc2cc(C(F)(F)F)ccc2nc1-c1ccccc1)c1ccc(F)cc1. The van der Waals surface area contributed by atoms with E-state index in [4.69, 9.17) is 0 Å². The van der Waals surface area contributed by atoms with Gasteiger partial charge in [-0.3, -0.25) is 0 Å². The normalized spacial score (nSPS) is 11.6. The summed E-state index contributed by atoms with van der Waals surface area (Å²) < 4.78 is 52.9. The highest BCUT2D eigenvalue weighted by Gasteiger charge is 2.31. The van der Waals surface area contributed by atoms with Crippen molar-refractivity contribution in [3.8, 4) is 11.3 Å². The predicted octanol–water partition coefficient (Wildman–Crippen LogP) is 6.48. The van der Waals surface area contributed by atoms with Crippen LogP contribution < -0.4 is 4.90 Å². The molecule has 1 heterocycles. The van der Waals surface area contributed by atoms with Gasteiger partial charge in [-0.25, -0.2) is 14.4 Å². The first-order chi connectivity index (χ1) is 14.8. The molecule has 1 aromatic heterocycles. The first-order valence-electron chi connectivity index (χ1n) is 9.79. The van der Waals surface area contributed by atoms with Crippen molar-refractivity contribution >= 4 is 16.7 Å². The molecule has 158 valence electrons. The van der Waals surface area contributed by atoms with E-state index in [9.17, 15) is 17.6 Å². The van der Waals surface area contributed by atoms with Crippen molar-refractivity contribution in [2.24, 2.45) is 0 Å². The molecule has 0 N–H and O–H groups in total. The van der Waals surface area contributed by atoms with Crippen LogP contribution in [0.4, 0.5) is 23.2 Å². The molecule has 0 atom stereocenters. The van der Waals surface area contributed by atoms with E-state index >= 15 is 0 Å². The molecule has 0 aliphatic rings. The van der Waals surface area contributed by atoms with Crippen molar-refractivity contribution in [1.82, 2.24) is 9.97 Å².